The summed E-state index contributed by atoms with van der Waals surface area (Å²) < 4.78 is 36.7. The van der Waals surface area contributed by atoms with E-state index in [0.29, 0.717) is 32.6 Å². The van der Waals surface area contributed by atoms with Gasteiger partial charge in [0.1, 0.15) is 0 Å². The molecule has 0 aromatic carbocycles. The second kappa shape index (κ2) is 3.95. The van der Waals surface area contributed by atoms with Gasteiger partial charge in [-0.1, -0.05) is 0 Å². The van der Waals surface area contributed by atoms with Crippen LogP contribution in [0.1, 0.15) is 6.42 Å². The Balaban J connectivity index is 1.87. The molecule has 2 saturated heterocycles. The summed E-state index contributed by atoms with van der Waals surface area (Å²) in [7, 11) is 0. The summed E-state index contributed by atoms with van der Waals surface area (Å²) in [6.45, 7) is -2.55. The fourth-order valence-electron chi connectivity index (χ4n) is 2.54. The van der Waals surface area contributed by atoms with Crippen molar-refractivity contribution in [3.8, 4) is 0 Å². The second-order valence-electron chi connectivity index (χ2n) is 4.51. The molecule has 0 radical (unpaired) electrons. The maximum absolute atomic E-state index is 12.2. The number of halogens is 3. The first-order valence-electron chi connectivity index (χ1n) is 5.29. The Labute approximate surface area is 86.9 Å². The SMILES string of the molecule is OC1CC2CN(C[B-](F)(F)F)CCN2C1. The van der Waals surface area contributed by atoms with Gasteiger partial charge in [-0.05, 0) is 12.9 Å². The van der Waals surface area contributed by atoms with Gasteiger partial charge in [-0.25, -0.2) is 0 Å². The summed E-state index contributed by atoms with van der Waals surface area (Å²) >= 11 is 0. The predicted octanol–water partition coefficient (Wildman–Crippen LogP) is 0.124. The van der Waals surface area contributed by atoms with Gasteiger partial charge in [0, 0.05) is 32.2 Å². The van der Waals surface area contributed by atoms with E-state index in [4.69, 9.17) is 0 Å². The third-order valence-electron chi connectivity index (χ3n) is 3.14. The molecule has 0 amide bonds. The molecule has 7 heteroatoms. The smallest absolute Gasteiger partial charge is 0.448 e. The molecule has 2 fully saturated rings. The fraction of sp³-hybridized carbons (Fsp3) is 1.00. The Morgan fingerprint density at radius 2 is 1.93 bits per heavy atom. The van der Waals surface area contributed by atoms with E-state index in [1.165, 1.54) is 4.90 Å². The first-order valence-corrected chi connectivity index (χ1v) is 5.29. The van der Waals surface area contributed by atoms with Crippen LogP contribution in [0.3, 0.4) is 0 Å². The highest BCUT2D eigenvalue weighted by atomic mass is 19.4. The monoisotopic (exact) mass is 223 g/mol. The van der Waals surface area contributed by atoms with E-state index in [9.17, 15) is 18.1 Å². The van der Waals surface area contributed by atoms with Crippen molar-refractivity contribution in [1.82, 2.24) is 9.80 Å². The fourth-order valence-corrected chi connectivity index (χ4v) is 2.54. The van der Waals surface area contributed by atoms with Gasteiger partial charge in [0.2, 0.25) is 0 Å². The molecular weight excluding hydrogens is 208 g/mol. The Bertz CT molecular complexity index is 238. The topological polar surface area (TPSA) is 26.7 Å². The lowest BCUT2D eigenvalue weighted by Crippen LogP contribution is -2.53. The maximum Gasteiger partial charge on any atom is 0.492 e. The number of fused-ring (bicyclic) bond motifs is 1. The van der Waals surface area contributed by atoms with Crippen LogP contribution >= 0.6 is 0 Å². The number of rotatable bonds is 2. The van der Waals surface area contributed by atoms with Crippen molar-refractivity contribution >= 4 is 6.98 Å². The van der Waals surface area contributed by atoms with E-state index in [1.807, 2.05) is 0 Å². The summed E-state index contributed by atoms with van der Waals surface area (Å²) in [5.41, 5.74) is 0. The van der Waals surface area contributed by atoms with Crippen molar-refractivity contribution in [1.29, 1.82) is 0 Å². The van der Waals surface area contributed by atoms with E-state index < -0.39 is 13.4 Å². The quantitative estimate of drug-likeness (QED) is 0.673. The van der Waals surface area contributed by atoms with Crippen molar-refractivity contribution in [2.75, 3.05) is 32.6 Å². The lowest BCUT2D eigenvalue weighted by molar-refractivity contribution is 0.108. The van der Waals surface area contributed by atoms with Gasteiger partial charge >= 0.3 is 6.98 Å². The van der Waals surface area contributed by atoms with Crippen LogP contribution in [0.2, 0.25) is 0 Å². The number of aliphatic hydroxyl groups is 1. The Morgan fingerprint density at radius 3 is 2.60 bits per heavy atom. The molecule has 1 N–H and O–H groups in total. The zero-order valence-electron chi connectivity index (χ0n) is 8.45. The molecule has 2 atom stereocenters. The normalized spacial score (nSPS) is 34.4. The highest BCUT2D eigenvalue weighted by Crippen LogP contribution is 2.23. The standard InChI is InChI=1S/C8H15BF3N2O/c10-9(11,12)6-13-1-2-14-5-8(15)3-7(14)4-13/h7-8,15H,1-6H2/q-1. The summed E-state index contributed by atoms with van der Waals surface area (Å²) in [5.74, 6) is 0. The van der Waals surface area contributed by atoms with E-state index in [1.54, 1.807) is 0 Å². The van der Waals surface area contributed by atoms with Crippen LogP contribution in [0.25, 0.3) is 0 Å². The van der Waals surface area contributed by atoms with Gasteiger partial charge in [-0.15, -0.1) is 0 Å². The first kappa shape index (κ1) is 11.2. The molecule has 2 aliphatic rings. The summed E-state index contributed by atoms with van der Waals surface area (Å²) in [6, 6.07) is 0.117. The molecule has 0 bridgehead atoms. The summed E-state index contributed by atoms with van der Waals surface area (Å²) in [6.07, 6.45) is -0.506. The van der Waals surface area contributed by atoms with Crippen molar-refractivity contribution in [3.63, 3.8) is 0 Å². The third-order valence-corrected chi connectivity index (χ3v) is 3.14. The number of hydrogen-bond donors (Lipinski definition) is 1. The van der Waals surface area contributed by atoms with E-state index >= 15 is 0 Å². The highest BCUT2D eigenvalue weighted by Gasteiger charge is 2.37. The van der Waals surface area contributed by atoms with Gasteiger partial charge in [0.15, 0.2) is 0 Å². The van der Waals surface area contributed by atoms with Crippen molar-refractivity contribution in [2.24, 2.45) is 0 Å². The summed E-state index contributed by atoms with van der Waals surface area (Å²) in [5, 5.41) is 9.40. The molecule has 0 aromatic heterocycles. The number of piperazine rings is 1. The lowest BCUT2D eigenvalue weighted by Gasteiger charge is -2.39. The number of hydrogen-bond acceptors (Lipinski definition) is 3. The second-order valence-corrected chi connectivity index (χ2v) is 4.51. The zero-order valence-corrected chi connectivity index (χ0v) is 8.45. The molecule has 0 spiro atoms. The molecular formula is C8H15BF3N2O-. The van der Waals surface area contributed by atoms with E-state index in [0.717, 1.165) is 0 Å². The van der Waals surface area contributed by atoms with Crippen molar-refractivity contribution in [3.05, 3.63) is 0 Å². The van der Waals surface area contributed by atoms with Crippen molar-refractivity contribution < 1.29 is 18.1 Å². The van der Waals surface area contributed by atoms with Crippen LogP contribution < -0.4 is 0 Å². The molecule has 88 valence electrons. The minimum atomic E-state index is -4.72. The van der Waals surface area contributed by atoms with Gasteiger partial charge < -0.3 is 23.0 Å². The molecule has 2 rings (SSSR count). The van der Waals surface area contributed by atoms with Crippen LogP contribution in [0.15, 0.2) is 0 Å². The average molecular weight is 223 g/mol. The van der Waals surface area contributed by atoms with Gasteiger partial charge in [-0.2, -0.15) is 0 Å². The van der Waals surface area contributed by atoms with E-state index in [-0.39, 0.29) is 12.1 Å². The van der Waals surface area contributed by atoms with Crippen LogP contribution in [-0.4, -0.2) is 66.7 Å². The molecule has 0 aromatic rings. The summed E-state index contributed by atoms with van der Waals surface area (Å²) in [4.78, 5) is 3.55. The van der Waals surface area contributed by atoms with Crippen LogP contribution in [-0.2, 0) is 0 Å². The van der Waals surface area contributed by atoms with Crippen LogP contribution in [0, 0.1) is 0 Å². The van der Waals surface area contributed by atoms with E-state index in [2.05, 4.69) is 4.90 Å². The largest absolute Gasteiger partial charge is 0.492 e. The van der Waals surface area contributed by atoms with Crippen LogP contribution in [0.5, 0.6) is 0 Å². The Morgan fingerprint density at radius 1 is 1.20 bits per heavy atom. The van der Waals surface area contributed by atoms with Gasteiger partial charge in [0.25, 0.3) is 0 Å². The Kier molecular flexibility index (Phi) is 2.96. The highest BCUT2D eigenvalue weighted by molar-refractivity contribution is 6.58. The molecule has 3 nitrogen and oxygen atoms in total. The predicted molar refractivity (Wildman–Crippen MR) is 51.5 cm³/mol. The first-order chi connectivity index (χ1) is 6.94. The van der Waals surface area contributed by atoms with Crippen LogP contribution in [0.4, 0.5) is 12.9 Å². The Hall–Kier alpha value is -0.265. The van der Waals surface area contributed by atoms with Crippen molar-refractivity contribution in [2.45, 2.75) is 18.6 Å². The maximum atomic E-state index is 12.2. The molecule has 15 heavy (non-hydrogen) atoms. The minimum Gasteiger partial charge on any atom is -0.448 e. The number of nitrogens with zero attached hydrogens (tertiary/aromatic N) is 2. The molecule has 2 heterocycles. The third kappa shape index (κ3) is 2.86. The van der Waals surface area contributed by atoms with Gasteiger partial charge in [0.05, 0.1) is 6.10 Å². The van der Waals surface area contributed by atoms with Gasteiger partial charge in [-0.3, -0.25) is 4.90 Å². The molecule has 0 saturated carbocycles. The average Bonchev–Trinajstić information content (AvgIpc) is 2.40. The lowest BCUT2D eigenvalue weighted by atomic mass is 9.90. The zero-order chi connectivity index (χ0) is 11.1. The minimum absolute atomic E-state index is 0.117. The molecule has 0 aliphatic carbocycles. The molecule has 2 aliphatic heterocycles. The number of aliphatic hydroxyl groups excluding tert-OH is 1. The molecule has 2 unspecified atom stereocenters.